The molecule has 0 aromatic heterocycles. The van der Waals surface area contributed by atoms with Crippen molar-refractivity contribution in [3.63, 3.8) is 0 Å². The lowest BCUT2D eigenvalue weighted by atomic mass is 9.89. The third-order valence-corrected chi connectivity index (χ3v) is 24.2. The smallest absolute Gasteiger partial charge is 0.0730 e. The zero-order chi connectivity index (χ0) is 53.1. The van der Waals surface area contributed by atoms with E-state index in [2.05, 4.69) is 276 Å². The predicted molar refractivity (Wildman–Crippen MR) is 328 cm³/mol. The van der Waals surface area contributed by atoms with Crippen LogP contribution >= 0.6 is 0 Å². The molecule has 0 saturated heterocycles. The Morgan fingerprint density at radius 2 is 0.539 bits per heavy atom. The molecule has 1 aliphatic carbocycles. The van der Waals surface area contributed by atoms with Gasteiger partial charge in [-0.2, -0.15) is 0 Å². The van der Waals surface area contributed by atoms with Crippen LogP contribution in [0.1, 0.15) is 128 Å². The van der Waals surface area contributed by atoms with Crippen molar-refractivity contribution in [2.45, 2.75) is 113 Å². The van der Waals surface area contributed by atoms with Gasteiger partial charge in [0.15, 0.2) is 8.07 Å². The Bertz CT molecular complexity index is 3240. The van der Waals surface area contributed by atoms with Crippen molar-refractivity contribution in [2.75, 3.05) is 0 Å². The lowest BCUT2D eigenvalue weighted by molar-refractivity contribution is 0.867. The van der Waals surface area contributed by atoms with Crippen molar-refractivity contribution in [3.05, 3.63) is 323 Å². The Morgan fingerprint density at radius 1 is 0.303 bits per heavy atom. The fraction of sp³-hybridized carbons (Fsp3) is 0.227. The molecule has 0 radical (unpaired) electrons. The van der Waals surface area contributed by atoms with Crippen molar-refractivity contribution in [3.8, 4) is 0 Å². The van der Waals surface area contributed by atoms with Gasteiger partial charge in [0, 0.05) is 5.04 Å². The van der Waals surface area contributed by atoms with E-state index in [9.17, 15) is 0 Å². The van der Waals surface area contributed by atoms with E-state index in [4.69, 9.17) is 0 Å². The molecule has 0 aliphatic heterocycles. The van der Waals surface area contributed by atoms with E-state index in [1.54, 1.807) is 15.6 Å². The second-order valence-electron chi connectivity index (χ2n) is 22.4. The first-order valence-electron chi connectivity index (χ1n) is 27.8. The monoisotopic (exact) mass is 1000 g/mol. The first-order valence-corrected chi connectivity index (χ1v) is 29.8. The fourth-order valence-electron chi connectivity index (χ4n) is 13.4. The molecule has 0 saturated carbocycles. The molecular weight excluding hydrogens is 929 g/mol. The highest BCUT2D eigenvalue weighted by Gasteiger charge is 2.58. The second-order valence-corrected chi connectivity index (χ2v) is 26.6. The Kier molecular flexibility index (Phi) is 15.2. The minimum atomic E-state index is -3.49. The van der Waals surface area contributed by atoms with Crippen molar-refractivity contribution >= 4 is 23.6 Å². The Morgan fingerprint density at radius 3 is 0.763 bits per heavy atom. The average molecular weight is 1010 g/mol. The maximum Gasteiger partial charge on any atom is 0.162 e. The molecule has 0 fully saturated rings. The maximum absolute atomic E-state index is 3.49. The summed E-state index contributed by atoms with van der Waals surface area (Å²) in [4.78, 5) is 0. The van der Waals surface area contributed by atoms with E-state index in [-0.39, 0.29) is 5.04 Å². The number of benzene rings is 9. The van der Waals surface area contributed by atoms with Crippen molar-refractivity contribution in [2.24, 2.45) is 0 Å². The van der Waals surface area contributed by atoms with Gasteiger partial charge in [-0.15, -0.1) is 0 Å². The van der Waals surface area contributed by atoms with Gasteiger partial charge in [-0.3, -0.25) is 0 Å². The van der Waals surface area contributed by atoms with Crippen LogP contribution in [-0.2, 0) is 38.5 Å². The summed E-state index contributed by atoms with van der Waals surface area (Å²) in [6.07, 6.45) is 7.96. The molecule has 0 nitrogen and oxygen atoms in total. The normalized spacial score (nSPS) is 14.6. The van der Waals surface area contributed by atoms with Crippen LogP contribution in [0.3, 0.4) is 0 Å². The highest BCUT2D eigenvalue weighted by Crippen LogP contribution is 2.54. The summed E-state index contributed by atoms with van der Waals surface area (Å²) in [6, 6.07) is 75.8. The summed E-state index contributed by atoms with van der Waals surface area (Å²) in [5, 5.41) is 4.25. The van der Waals surface area contributed by atoms with E-state index in [0.717, 1.165) is 38.5 Å². The van der Waals surface area contributed by atoms with Gasteiger partial charge in [-0.25, -0.2) is 0 Å². The molecule has 380 valence electrons. The molecule has 9 aromatic rings. The van der Waals surface area contributed by atoms with E-state index < -0.39 is 8.07 Å². The van der Waals surface area contributed by atoms with E-state index in [1.165, 1.54) is 117 Å². The molecule has 9 aromatic carbocycles. The van der Waals surface area contributed by atoms with E-state index >= 15 is 0 Å². The summed E-state index contributed by atoms with van der Waals surface area (Å²) < 4.78 is 0. The molecule has 1 aliphatic rings. The van der Waals surface area contributed by atoms with Crippen LogP contribution < -0.4 is 15.6 Å². The molecule has 0 amide bonds. The first-order chi connectivity index (χ1) is 36.8. The average Bonchev–Trinajstić information content (AvgIpc) is 3.81. The summed E-state index contributed by atoms with van der Waals surface area (Å²) >= 11 is 0. The minimum absolute atomic E-state index is 0.378. The van der Waals surface area contributed by atoms with Gasteiger partial charge < -0.3 is 0 Å². The summed E-state index contributed by atoms with van der Waals surface area (Å²) in [7, 11) is -3.49. The second kappa shape index (κ2) is 22.1. The number of hydrogen-bond acceptors (Lipinski definition) is 0. The van der Waals surface area contributed by atoms with Crippen LogP contribution in [0.5, 0.6) is 0 Å². The van der Waals surface area contributed by atoms with E-state index in [0.29, 0.717) is 0 Å². The standard InChI is InChI=1S/C75H76Si/c1-51-50-75(10,59(9)52(51)2)76(72-47-66(41-60-29-17-11-18-30-60)53(3)69(56(72)6)44-63-35-23-14-24-36-63,73-48-67(42-61-31-19-12-20-32-61)54(4)70(57(73)7)45-64-37-25-15-26-38-64)74-49-68(43-62-33-21-13-22-34-62)55(5)71(58(74)8)46-65-39-27-16-28-40-65/h11-40,47-50H,41-46H2,1-10H3. The number of hydrogen-bond donors (Lipinski definition) is 0. The molecule has 0 heterocycles. The van der Waals surface area contributed by atoms with Gasteiger partial charge in [0.25, 0.3) is 0 Å². The quantitative estimate of drug-likeness (QED) is 0.0668. The lowest BCUT2D eigenvalue weighted by Crippen LogP contribution is -2.75. The Hall–Kier alpha value is -7.32. The molecule has 0 N–H and O–H groups in total. The third-order valence-electron chi connectivity index (χ3n) is 18.1. The summed E-state index contributed by atoms with van der Waals surface area (Å²) in [5.41, 5.74) is 29.6. The molecule has 0 spiro atoms. The zero-order valence-electron chi connectivity index (χ0n) is 46.9. The van der Waals surface area contributed by atoms with Crippen LogP contribution in [0.15, 0.2) is 223 Å². The van der Waals surface area contributed by atoms with Crippen LogP contribution in [0.25, 0.3) is 0 Å². The predicted octanol–water partition coefficient (Wildman–Crippen LogP) is 16.6. The molecule has 1 unspecified atom stereocenters. The maximum atomic E-state index is 2.77. The zero-order valence-corrected chi connectivity index (χ0v) is 47.9. The largest absolute Gasteiger partial charge is 0.162 e. The number of allylic oxidation sites excluding steroid dienone is 4. The van der Waals surface area contributed by atoms with Gasteiger partial charge in [-0.1, -0.05) is 224 Å². The molecule has 0 bridgehead atoms. The van der Waals surface area contributed by atoms with Gasteiger partial charge in [0.1, 0.15) is 0 Å². The van der Waals surface area contributed by atoms with Gasteiger partial charge >= 0.3 is 0 Å². The Balaban J connectivity index is 1.44. The highest BCUT2D eigenvalue weighted by molar-refractivity contribution is 7.14. The third kappa shape index (κ3) is 9.87. The van der Waals surface area contributed by atoms with Crippen LogP contribution in [0.4, 0.5) is 0 Å². The fourth-order valence-corrected chi connectivity index (χ4v) is 20.5. The minimum Gasteiger partial charge on any atom is -0.0730 e. The van der Waals surface area contributed by atoms with Gasteiger partial charge in [0.2, 0.25) is 0 Å². The van der Waals surface area contributed by atoms with Crippen molar-refractivity contribution in [1.29, 1.82) is 0 Å². The van der Waals surface area contributed by atoms with E-state index in [1.807, 2.05) is 0 Å². The van der Waals surface area contributed by atoms with Crippen LogP contribution in [0.2, 0.25) is 5.04 Å². The Labute approximate surface area is 457 Å². The lowest BCUT2D eigenvalue weighted by Gasteiger charge is -2.50. The van der Waals surface area contributed by atoms with Gasteiger partial charge in [0.05, 0.1) is 0 Å². The molecule has 1 heteroatoms. The van der Waals surface area contributed by atoms with Crippen LogP contribution in [-0.4, -0.2) is 8.07 Å². The van der Waals surface area contributed by atoms with Crippen molar-refractivity contribution in [1.82, 2.24) is 0 Å². The molecular formula is C75H76Si. The highest BCUT2D eigenvalue weighted by atomic mass is 28.3. The van der Waals surface area contributed by atoms with Gasteiger partial charge in [-0.05, 0) is 222 Å². The molecule has 1 atom stereocenters. The topological polar surface area (TPSA) is 0 Å². The molecule has 10 rings (SSSR count). The SMILES string of the molecule is CC1=CC(C)([Si](c2cc(Cc3ccccc3)c(C)c(Cc3ccccc3)c2C)(c2cc(Cc3ccccc3)c(C)c(Cc3ccccc3)c2C)c2cc(Cc3ccccc3)c(C)c(Cc3ccccc3)c2C)C(C)=C1C. The molecule has 76 heavy (non-hydrogen) atoms. The summed E-state index contributed by atoms with van der Waals surface area (Å²) in [6.45, 7) is 24.8. The number of rotatable bonds is 16. The van der Waals surface area contributed by atoms with Crippen LogP contribution in [0, 0.1) is 41.5 Å². The summed E-state index contributed by atoms with van der Waals surface area (Å²) in [5.74, 6) is 0. The first kappa shape index (κ1) is 52.1. The van der Waals surface area contributed by atoms with Crippen molar-refractivity contribution < 1.29 is 0 Å².